The summed E-state index contributed by atoms with van der Waals surface area (Å²) in [5.41, 5.74) is 11.1. The Hall–Kier alpha value is -3.15. The fraction of sp³-hybridized carbons (Fsp3) is 0.0476. The Morgan fingerprint density at radius 2 is 1.70 bits per heavy atom. The molecule has 0 aliphatic carbocycles. The first kappa shape index (κ1) is 17.3. The van der Waals surface area contributed by atoms with Crippen LogP contribution >= 0.6 is 11.6 Å². The standard InChI is InChI=1S/C21H17ClN4O/c22-17-6-5-15(10-20(17)27)19-12-25-21(26-19)16-7-8-24-18(9-16)14-3-1-13(11-23)2-4-14/h1-10,12,27H,11,23H2,(H,25,26). The number of phenolic OH excluding ortho intramolecular Hbond substituents is 1. The zero-order chi connectivity index (χ0) is 18.8. The van der Waals surface area contributed by atoms with Crippen LogP contribution < -0.4 is 5.73 Å². The van der Waals surface area contributed by atoms with Gasteiger partial charge in [-0.2, -0.15) is 0 Å². The van der Waals surface area contributed by atoms with E-state index >= 15 is 0 Å². The highest BCUT2D eigenvalue weighted by Gasteiger charge is 2.09. The van der Waals surface area contributed by atoms with Gasteiger partial charge < -0.3 is 15.8 Å². The summed E-state index contributed by atoms with van der Waals surface area (Å²) < 4.78 is 0. The average Bonchev–Trinajstić information content (AvgIpc) is 3.20. The summed E-state index contributed by atoms with van der Waals surface area (Å²) >= 11 is 5.87. The molecule has 4 N–H and O–H groups in total. The highest BCUT2D eigenvalue weighted by Crippen LogP contribution is 2.30. The van der Waals surface area contributed by atoms with Gasteiger partial charge in [-0.3, -0.25) is 4.98 Å². The number of phenols is 1. The van der Waals surface area contributed by atoms with Gasteiger partial charge in [-0.1, -0.05) is 41.9 Å². The van der Waals surface area contributed by atoms with Gasteiger partial charge in [0.15, 0.2) is 0 Å². The lowest BCUT2D eigenvalue weighted by Gasteiger charge is -2.05. The van der Waals surface area contributed by atoms with Crippen molar-refractivity contribution in [2.75, 3.05) is 0 Å². The molecule has 2 aromatic carbocycles. The Morgan fingerprint density at radius 3 is 2.44 bits per heavy atom. The summed E-state index contributed by atoms with van der Waals surface area (Å²) in [5.74, 6) is 0.763. The summed E-state index contributed by atoms with van der Waals surface area (Å²) in [6, 6.07) is 17.0. The monoisotopic (exact) mass is 376 g/mol. The van der Waals surface area contributed by atoms with Crippen LogP contribution in [0.2, 0.25) is 5.02 Å². The fourth-order valence-electron chi connectivity index (χ4n) is 2.84. The SMILES string of the molecule is NCc1ccc(-c2cc(-c3ncc(-c4ccc(Cl)c(O)c4)[nH]3)ccn2)cc1. The lowest BCUT2D eigenvalue weighted by Crippen LogP contribution is -1.95. The van der Waals surface area contributed by atoms with E-state index in [1.54, 1.807) is 24.5 Å². The topological polar surface area (TPSA) is 87.8 Å². The highest BCUT2D eigenvalue weighted by molar-refractivity contribution is 6.32. The third-order valence-electron chi connectivity index (χ3n) is 4.35. The number of aromatic amines is 1. The normalized spacial score (nSPS) is 10.9. The third-order valence-corrected chi connectivity index (χ3v) is 4.67. The summed E-state index contributed by atoms with van der Waals surface area (Å²) in [4.78, 5) is 12.2. The molecule has 0 unspecified atom stereocenters. The van der Waals surface area contributed by atoms with Crippen LogP contribution in [0.5, 0.6) is 5.75 Å². The van der Waals surface area contributed by atoms with E-state index in [-0.39, 0.29) is 5.75 Å². The third kappa shape index (κ3) is 3.56. The highest BCUT2D eigenvalue weighted by atomic mass is 35.5. The van der Waals surface area contributed by atoms with Crippen molar-refractivity contribution in [2.24, 2.45) is 5.73 Å². The maximum atomic E-state index is 9.80. The van der Waals surface area contributed by atoms with Gasteiger partial charge in [-0.05, 0) is 29.8 Å². The van der Waals surface area contributed by atoms with Gasteiger partial charge in [-0.25, -0.2) is 4.98 Å². The minimum atomic E-state index is 0.0393. The number of benzene rings is 2. The van der Waals surface area contributed by atoms with Crippen molar-refractivity contribution in [3.63, 3.8) is 0 Å². The van der Waals surface area contributed by atoms with Gasteiger partial charge >= 0.3 is 0 Å². The molecule has 0 atom stereocenters. The molecule has 0 fully saturated rings. The van der Waals surface area contributed by atoms with Crippen LogP contribution in [-0.2, 0) is 6.54 Å². The number of nitrogens with two attached hydrogens (primary N) is 1. The number of aromatic hydroxyl groups is 1. The van der Waals surface area contributed by atoms with E-state index in [1.807, 2.05) is 42.5 Å². The molecule has 0 aliphatic heterocycles. The number of nitrogens with one attached hydrogen (secondary N) is 1. The number of nitrogens with zero attached hydrogens (tertiary/aromatic N) is 2. The van der Waals surface area contributed by atoms with Crippen LogP contribution in [0.1, 0.15) is 5.56 Å². The van der Waals surface area contributed by atoms with Gasteiger partial charge in [0.05, 0.1) is 22.6 Å². The van der Waals surface area contributed by atoms with Crippen LogP contribution in [0, 0.1) is 0 Å². The number of aromatic nitrogens is 3. The van der Waals surface area contributed by atoms with Gasteiger partial charge in [0.2, 0.25) is 0 Å². The van der Waals surface area contributed by atoms with Gasteiger partial charge in [-0.15, -0.1) is 0 Å². The molecule has 5 nitrogen and oxygen atoms in total. The molecule has 0 spiro atoms. The Kier molecular flexibility index (Phi) is 4.62. The van der Waals surface area contributed by atoms with E-state index in [4.69, 9.17) is 17.3 Å². The predicted molar refractivity (Wildman–Crippen MR) is 107 cm³/mol. The Labute approximate surface area is 161 Å². The quantitative estimate of drug-likeness (QED) is 0.484. The van der Waals surface area contributed by atoms with Crippen LogP contribution in [0.15, 0.2) is 67.0 Å². The summed E-state index contributed by atoms with van der Waals surface area (Å²) in [7, 11) is 0. The van der Waals surface area contributed by atoms with Crippen molar-refractivity contribution < 1.29 is 5.11 Å². The number of imidazole rings is 1. The van der Waals surface area contributed by atoms with E-state index in [2.05, 4.69) is 15.0 Å². The lowest BCUT2D eigenvalue weighted by atomic mass is 10.1. The van der Waals surface area contributed by atoms with Gasteiger partial charge in [0.25, 0.3) is 0 Å². The Bertz CT molecular complexity index is 1090. The van der Waals surface area contributed by atoms with E-state index in [0.29, 0.717) is 11.6 Å². The van der Waals surface area contributed by atoms with Crippen LogP contribution in [-0.4, -0.2) is 20.1 Å². The predicted octanol–water partition coefficient (Wildman–Crippen LogP) is 4.62. The molecule has 0 aliphatic rings. The zero-order valence-electron chi connectivity index (χ0n) is 14.4. The number of halogens is 1. The van der Waals surface area contributed by atoms with E-state index in [9.17, 15) is 5.11 Å². The molecule has 0 bridgehead atoms. The first-order valence-corrected chi connectivity index (χ1v) is 8.81. The maximum Gasteiger partial charge on any atom is 0.137 e. The Balaban J connectivity index is 1.66. The number of hydrogen-bond acceptors (Lipinski definition) is 4. The van der Waals surface area contributed by atoms with Crippen LogP contribution in [0.4, 0.5) is 0 Å². The van der Waals surface area contributed by atoms with Crippen LogP contribution in [0.25, 0.3) is 33.9 Å². The summed E-state index contributed by atoms with van der Waals surface area (Å²) in [6.07, 6.45) is 3.49. The first-order chi connectivity index (χ1) is 13.1. The van der Waals surface area contributed by atoms with E-state index in [0.717, 1.165) is 39.5 Å². The van der Waals surface area contributed by atoms with Crippen molar-refractivity contribution >= 4 is 11.6 Å². The van der Waals surface area contributed by atoms with Crippen molar-refractivity contribution in [3.05, 3.63) is 77.6 Å². The zero-order valence-corrected chi connectivity index (χ0v) is 15.1. The molecular formula is C21H17ClN4O. The van der Waals surface area contributed by atoms with Crippen molar-refractivity contribution in [2.45, 2.75) is 6.54 Å². The molecule has 2 aromatic heterocycles. The smallest absolute Gasteiger partial charge is 0.137 e. The number of H-pyrrole nitrogens is 1. The minimum absolute atomic E-state index is 0.0393. The molecule has 4 rings (SSSR count). The second-order valence-electron chi connectivity index (χ2n) is 6.14. The first-order valence-electron chi connectivity index (χ1n) is 8.44. The molecule has 6 heteroatoms. The van der Waals surface area contributed by atoms with E-state index in [1.165, 1.54) is 0 Å². The van der Waals surface area contributed by atoms with Gasteiger partial charge in [0.1, 0.15) is 11.6 Å². The minimum Gasteiger partial charge on any atom is -0.506 e. The van der Waals surface area contributed by atoms with Crippen molar-refractivity contribution in [1.82, 2.24) is 15.0 Å². The van der Waals surface area contributed by atoms with Gasteiger partial charge in [0, 0.05) is 29.4 Å². The molecule has 0 saturated heterocycles. The molecule has 134 valence electrons. The molecular weight excluding hydrogens is 360 g/mol. The lowest BCUT2D eigenvalue weighted by molar-refractivity contribution is 0.476. The number of rotatable bonds is 4. The Morgan fingerprint density at radius 1 is 0.926 bits per heavy atom. The largest absolute Gasteiger partial charge is 0.506 e. The maximum absolute atomic E-state index is 9.80. The average molecular weight is 377 g/mol. The van der Waals surface area contributed by atoms with Crippen LogP contribution in [0.3, 0.4) is 0 Å². The summed E-state index contributed by atoms with van der Waals surface area (Å²) in [6.45, 7) is 0.517. The molecule has 2 heterocycles. The molecule has 0 amide bonds. The molecule has 0 radical (unpaired) electrons. The van der Waals surface area contributed by atoms with Crippen molar-refractivity contribution in [3.8, 4) is 39.7 Å². The second kappa shape index (κ2) is 7.23. The van der Waals surface area contributed by atoms with Crippen molar-refractivity contribution in [1.29, 1.82) is 0 Å². The number of hydrogen-bond donors (Lipinski definition) is 3. The number of pyridine rings is 1. The second-order valence-corrected chi connectivity index (χ2v) is 6.55. The summed E-state index contributed by atoms with van der Waals surface area (Å²) in [5, 5.41) is 10.1. The van der Waals surface area contributed by atoms with E-state index < -0.39 is 0 Å². The molecule has 27 heavy (non-hydrogen) atoms. The molecule has 0 saturated carbocycles. The fourth-order valence-corrected chi connectivity index (χ4v) is 2.96. The molecule has 4 aromatic rings.